The van der Waals surface area contributed by atoms with Crippen LogP contribution in [0.5, 0.6) is 11.5 Å². The Balaban J connectivity index is 0.000000134. The molecule has 2 N–H and O–H groups in total. The van der Waals surface area contributed by atoms with Crippen molar-refractivity contribution in [2.75, 3.05) is 0 Å². The summed E-state index contributed by atoms with van der Waals surface area (Å²) in [5.74, 6) is -0.129. The maximum Gasteiger partial charge on any atom is 0.157 e. The summed E-state index contributed by atoms with van der Waals surface area (Å²) in [6.07, 6.45) is 1.89. The molecule has 3 rings (SSSR count). The van der Waals surface area contributed by atoms with Gasteiger partial charge in [0, 0.05) is 11.6 Å². The lowest BCUT2D eigenvalue weighted by atomic mass is 10.2. The Morgan fingerprint density at radius 3 is 2.44 bits per heavy atom. The van der Waals surface area contributed by atoms with Crippen LogP contribution in [0, 0.1) is 6.92 Å². The molecule has 0 aliphatic carbocycles. The fourth-order valence-electron chi connectivity index (χ4n) is 1.44. The Bertz CT molecular complexity index is 619. The Kier molecular flexibility index (Phi) is 3.79. The van der Waals surface area contributed by atoms with Crippen molar-refractivity contribution in [1.82, 2.24) is 4.37 Å². The molecule has 2 aromatic carbocycles. The van der Waals surface area contributed by atoms with Crippen LogP contribution >= 0.6 is 11.5 Å². The van der Waals surface area contributed by atoms with Crippen molar-refractivity contribution < 1.29 is 10.2 Å². The summed E-state index contributed by atoms with van der Waals surface area (Å²) in [6, 6.07) is 12.9. The minimum Gasteiger partial charge on any atom is -0.504 e. The molecule has 0 bridgehead atoms. The summed E-state index contributed by atoms with van der Waals surface area (Å²) in [5.41, 5.74) is 0.935. The van der Waals surface area contributed by atoms with Gasteiger partial charge in [0.05, 0.1) is 4.70 Å². The molecule has 0 aliphatic heterocycles. The summed E-state index contributed by atoms with van der Waals surface area (Å²) in [4.78, 5) is 0. The zero-order valence-electron chi connectivity index (χ0n) is 9.87. The molecule has 0 fully saturated rings. The number of hydrogen-bond donors (Lipinski definition) is 2. The SMILES string of the molecule is Cc1ccc(O)c(O)c1.c1ccc2sncc2c1. The average molecular weight is 259 g/mol. The molecule has 18 heavy (non-hydrogen) atoms. The number of aromatic hydroxyl groups is 2. The monoisotopic (exact) mass is 259 g/mol. The molecule has 0 unspecified atom stereocenters. The summed E-state index contributed by atoms with van der Waals surface area (Å²) in [7, 11) is 0. The van der Waals surface area contributed by atoms with Crippen molar-refractivity contribution in [3.8, 4) is 11.5 Å². The van der Waals surface area contributed by atoms with Crippen LogP contribution in [0.4, 0.5) is 0 Å². The van der Waals surface area contributed by atoms with E-state index in [-0.39, 0.29) is 11.5 Å². The first-order valence-corrected chi connectivity index (χ1v) is 6.22. The van der Waals surface area contributed by atoms with Gasteiger partial charge in [-0.05, 0) is 42.2 Å². The zero-order chi connectivity index (χ0) is 13.0. The van der Waals surface area contributed by atoms with Crippen LogP contribution in [0.15, 0.2) is 48.7 Å². The number of nitrogens with zero attached hydrogens (tertiary/aromatic N) is 1. The third-order valence-electron chi connectivity index (χ3n) is 2.39. The molecule has 92 valence electrons. The van der Waals surface area contributed by atoms with Gasteiger partial charge < -0.3 is 10.2 Å². The highest BCUT2D eigenvalue weighted by Crippen LogP contribution is 2.23. The number of aromatic nitrogens is 1. The second-order valence-electron chi connectivity index (χ2n) is 3.86. The number of aryl methyl sites for hydroxylation is 1. The standard InChI is InChI=1S/C7H5NS.C7H8O2/c1-2-4-7-6(3-1)5-8-9-7;1-5-2-3-6(8)7(9)4-5/h1-5H;2-4,8-9H,1H3. The molecule has 0 radical (unpaired) electrons. The number of phenols is 2. The Hall–Kier alpha value is -2.07. The highest BCUT2D eigenvalue weighted by Gasteiger charge is 1.94. The van der Waals surface area contributed by atoms with E-state index in [4.69, 9.17) is 10.2 Å². The fourth-order valence-corrected chi connectivity index (χ4v) is 2.09. The minimum atomic E-state index is -0.0689. The highest BCUT2D eigenvalue weighted by atomic mass is 32.1. The van der Waals surface area contributed by atoms with Gasteiger partial charge in [-0.3, -0.25) is 0 Å². The van der Waals surface area contributed by atoms with E-state index >= 15 is 0 Å². The molecular formula is C14H13NO2S. The van der Waals surface area contributed by atoms with Crippen LogP contribution in [-0.4, -0.2) is 14.6 Å². The second-order valence-corrected chi connectivity index (χ2v) is 4.69. The fraction of sp³-hybridized carbons (Fsp3) is 0.0714. The largest absolute Gasteiger partial charge is 0.504 e. The maximum atomic E-state index is 8.85. The van der Waals surface area contributed by atoms with Crippen LogP contribution in [0.3, 0.4) is 0 Å². The van der Waals surface area contributed by atoms with Crippen LogP contribution in [0.1, 0.15) is 5.56 Å². The van der Waals surface area contributed by atoms with E-state index in [0.717, 1.165) is 5.56 Å². The van der Waals surface area contributed by atoms with E-state index in [1.54, 1.807) is 6.07 Å². The molecule has 1 heterocycles. The summed E-state index contributed by atoms with van der Waals surface area (Å²) in [5, 5.41) is 18.9. The minimum absolute atomic E-state index is 0.0602. The van der Waals surface area contributed by atoms with Crippen LogP contribution in [-0.2, 0) is 0 Å². The van der Waals surface area contributed by atoms with E-state index in [9.17, 15) is 0 Å². The van der Waals surface area contributed by atoms with E-state index in [1.165, 1.54) is 33.8 Å². The van der Waals surface area contributed by atoms with Crippen LogP contribution in [0.2, 0.25) is 0 Å². The van der Waals surface area contributed by atoms with Gasteiger partial charge in [0.15, 0.2) is 11.5 Å². The Labute approximate surface area is 109 Å². The number of fused-ring (bicyclic) bond motifs is 1. The van der Waals surface area contributed by atoms with E-state index in [0.29, 0.717) is 0 Å². The van der Waals surface area contributed by atoms with Gasteiger partial charge in [-0.1, -0.05) is 24.3 Å². The van der Waals surface area contributed by atoms with Crippen molar-refractivity contribution in [2.45, 2.75) is 6.92 Å². The number of rotatable bonds is 0. The number of phenolic OH excluding ortho intramolecular Hbond substituents is 2. The van der Waals surface area contributed by atoms with Gasteiger partial charge in [-0.25, -0.2) is 0 Å². The predicted octanol–water partition coefficient (Wildman–Crippen LogP) is 3.70. The first kappa shape index (κ1) is 12.4. The van der Waals surface area contributed by atoms with Crippen LogP contribution < -0.4 is 0 Å². The molecule has 0 saturated heterocycles. The maximum absolute atomic E-state index is 8.85. The van der Waals surface area contributed by atoms with Crippen molar-refractivity contribution in [3.63, 3.8) is 0 Å². The number of benzene rings is 2. The molecule has 3 nitrogen and oxygen atoms in total. The molecule has 0 atom stereocenters. The third-order valence-corrected chi connectivity index (χ3v) is 3.17. The molecule has 4 heteroatoms. The third kappa shape index (κ3) is 2.99. The first-order valence-electron chi connectivity index (χ1n) is 5.45. The lowest BCUT2D eigenvalue weighted by Gasteiger charge is -1.95. The van der Waals surface area contributed by atoms with Gasteiger partial charge in [-0.2, -0.15) is 4.37 Å². The molecule has 0 spiro atoms. The van der Waals surface area contributed by atoms with Gasteiger partial charge in [-0.15, -0.1) is 0 Å². The zero-order valence-corrected chi connectivity index (χ0v) is 10.7. The van der Waals surface area contributed by atoms with Crippen molar-refractivity contribution in [3.05, 3.63) is 54.2 Å². The van der Waals surface area contributed by atoms with E-state index < -0.39 is 0 Å². The van der Waals surface area contributed by atoms with Crippen LogP contribution in [0.25, 0.3) is 10.1 Å². The van der Waals surface area contributed by atoms with Crippen molar-refractivity contribution in [1.29, 1.82) is 0 Å². The van der Waals surface area contributed by atoms with Gasteiger partial charge in [0.2, 0.25) is 0 Å². The van der Waals surface area contributed by atoms with E-state index in [1.807, 2.05) is 25.3 Å². The first-order chi connectivity index (χ1) is 8.66. The van der Waals surface area contributed by atoms with Gasteiger partial charge in [0.1, 0.15) is 0 Å². The van der Waals surface area contributed by atoms with E-state index in [2.05, 4.69) is 16.5 Å². The Morgan fingerprint density at radius 1 is 1.00 bits per heavy atom. The highest BCUT2D eigenvalue weighted by molar-refractivity contribution is 7.13. The summed E-state index contributed by atoms with van der Waals surface area (Å²) < 4.78 is 5.30. The summed E-state index contributed by atoms with van der Waals surface area (Å²) in [6.45, 7) is 1.85. The molecule has 0 amide bonds. The quantitative estimate of drug-likeness (QED) is 0.605. The molecule has 1 aromatic heterocycles. The van der Waals surface area contributed by atoms with Gasteiger partial charge >= 0.3 is 0 Å². The molecule has 0 aliphatic rings. The molecule has 3 aromatic rings. The predicted molar refractivity (Wildman–Crippen MR) is 74.1 cm³/mol. The smallest absolute Gasteiger partial charge is 0.157 e. The Morgan fingerprint density at radius 2 is 1.78 bits per heavy atom. The van der Waals surface area contributed by atoms with Gasteiger partial charge in [0.25, 0.3) is 0 Å². The molecular weight excluding hydrogens is 246 g/mol. The van der Waals surface area contributed by atoms with Crippen molar-refractivity contribution >= 4 is 21.6 Å². The molecule has 0 saturated carbocycles. The number of hydrogen-bond acceptors (Lipinski definition) is 4. The summed E-state index contributed by atoms with van der Waals surface area (Å²) >= 11 is 1.54. The lowest BCUT2D eigenvalue weighted by Crippen LogP contribution is -1.70. The normalized spacial score (nSPS) is 9.83. The lowest BCUT2D eigenvalue weighted by molar-refractivity contribution is 0.403. The average Bonchev–Trinajstić information content (AvgIpc) is 2.83. The topological polar surface area (TPSA) is 53.4 Å². The second kappa shape index (κ2) is 5.51. The van der Waals surface area contributed by atoms with Crippen molar-refractivity contribution in [2.24, 2.45) is 0 Å².